The highest BCUT2D eigenvalue weighted by Gasteiger charge is 2.27. The summed E-state index contributed by atoms with van der Waals surface area (Å²) in [7, 11) is 1.57. The van der Waals surface area contributed by atoms with Crippen molar-refractivity contribution in [2.75, 3.05) is 26.8 Å². The molecule has 1 aromatic heterocycles. The summed E-state index contributed by atoms with van der Waals surface area (Å²) >= 11 is 0. The van der Waals surface area contributed by atoms with E-state index in [0.717, 1.165) is 6.42 Å². The van der Waals surface area contributed by atoms with E-state index in [-0.39, 0.29) is 23.0 Å². The van der Waals surface area contributed by atoms with E-state index in [2.05, 4.69) is 4.98 Å². The maximum absolute atomic E-state index is 13.0. The Labute approximate surface area is 162 Å². The number of hydrogen-bond donors (Lipinski definition) is 1. The number of fused-ring (bicyclic) bond motifs is 1. The topological polar surface area (TPSA) is 71.6 Å². The molecule has 1 saturated heterocycles. The third-order valence-corrected chi connectivity index (χ3v) is 5.05. The van der Waals surface area contributed by atoms with Crippen molar-refractivity contribution in [3.05, 3.63) is 76.1 Å². The number of H-pyrrole nitrogens is 1. The van der Waals surface area contributed by atoms with Gasteiger partial charge >= 0.3 is 0 Å². The zero-order valence-corrected chi connectivity index (χ0v) is 15.7. The van der Waals surface area contributed by atoms with E-state index in [9.17, 15) is 9.59 Å². The van der Waals surface area contributed by atoms with E-state index in [1.165, 1.54) is 11.8 Å². The number of benzene rings is 2. The van der Waals surface area contributed by atoms with Gasteiger partial charge in [0.2, 0.25) is 5.43 Å². The molecule has 0 radical (unpaired) electrons. The highest BCUT2D eigenvalue weighted by molar-refractivity contribution is 5.97. The monoisotopic (exact) mass is 378 g/mol. The maximum atomic E-state index is 13.0. The Bertz CT molecular complexity index is 1050. The van der Waals surface area contributed by atoms with Crippen molar-refractivity contribution in [2.45, 2.75) is 12.5 Å². The van der Waals surface area contributed by atoms with Gasteiger partial charge in [0.25, 0.3) is 5.91 Å². The van der Waals surface area contributed by atoms with E-state index in [0.29, 0.717) is 36.3 Å². The summed E-state index contributed by atoms with van der Waals surface area (Å²) in [6.07, 6.45) is 2.15. The van der Waals surface area contributed by atoms with Gasteiger partial charge in [-0.1, -0.05) is 30.3 Å². The van der Waals surface area contributed by atoms with Crippen molar-refractivity contribution >= 4 is 16.8 Å². The molecule has 2 heterocycles. The number of carbonyl (C=O) groups excluding carboxylic acids is 1. The average Bonchev–Trinajstić information content (AvgIpc) is 2.74. The molecule has 1 N–H and O–H groups in total. The van der Waals surface area contributed by atoms with Crippen LogP contribution in [0.15, 0.2) is 59.5 Å². The van der Waals surface area contributed by atoms with Crippen LogP contribution < -0.4 is 10.2 Å². The number of morpholine rings is 1. The Hall–Kier alpha value is -3.12. The number of rotatable bonds is 4. The highest BCUT2D eigenvalue weighted by atomic mass is 16.5. The highest BCUT2D eigenvalue weighted by Crippen LogP contribution is 2.18. The fourth-order valence-electron chi connectivity index (χ4n) is 3.56. The fourth-order valence-corrected chi connectivity index (χ4v) is 3.56. The second kappa shape index (κ2) is 7.86. The van der Waals surface area contributed by atoms with Crippen molar-refractivity contribution in [3.63, 3.8) is 0 Å². The molecule has 6 heteroatoms. The summed E-state index contributed by atoms with van der Waals surface area (Å²) in [4.78, 5) is 30.6. The number of amides is 1. The van der Waals surface area contributed by atoms with Crippen LogP contribution in [0, 0.1) is 0 Å². The molecule has 0 bridgehead atoms. The van der Waals surface area contributed by atoms with Gasteiger partial charge in [-0.15, -0.1) is 0 Å². The SMILES string of the molecule is COc1ccc2c(=O)c(C(=O)N3CCOC(Cc4ccccc4)C3)c[nH]c2c1. The van der Waals surface area contributed by atoms with Gasteiger partial charge in [0, 0.05) is 37.2 Å². The van der Waals surface area contributed by atoms with Crippen LogP contribution in [0.1, 0.15) is 15.9 Å². The second-order valence-corrected chi connectivity index (χ2v) is 6.88. The maximum Gasteiger partial charge on any atom is 0.259 e. The van der Waals surface area contributed by atoms with E-state index < -0.39 is 0 Å². The summed E-state index contributed by atoms with van der Waals surface area (Å²) in [5, 5.41) is 0.473. The van der Waals surface area contributed by atoms with Gasteiger partial charge in [0.05, 0.1) is 25.3 Å². The van der Waals surface area contributed by atoms with Crippen molar-refractivity contribution in [1.29, 1.82) is 0 Å². The molecule has 144 valence electrons. The molecule has 1 amide bonds. The van der Waals surface area contributed by atoms with Gasteiger partial charge in [0.1, 0.15) is 11.3 Å². The molecule has 6 nitrogen and oxygen atoms in total. The lowest BCUT2D eigenvalue weighted by atomic mass is 10.1. The predicted octanol–water partition coefficient (Wildman–Crippen LogP) is 2.62. The molecule has 28 heavy (non-hydrogen) atoms. The minimum Gasteiger partial charge on any atom is -0.497 e. The second-order valence-electron chi connectivity index (χ2n) is 6.88. The van der Waals surface area contributed by atoms with Gasteiger partial charge in [-0.3, -0.25) is 9.59 Å². The molecule has 4 rings (SSSR count). The summed E-state index contributed by atoms with van der Waals surface area (Å²) in [5.74, 6) is 0.388. The molecule has 1 aliphatic heterocycles. The van der Waals surface area contributed by atoms with Crippen molar-refractivity contribution in [2.24, 2.45) is 0 Å². The average molecular weight is 378 g/mol. The Morgan fingerprint density at radius 3 is 2.86 bits per heavy atom. The third-order valence-electron chi connectivity index (χ3n) is 5.05. The number of ether oxygens (including phenoxy) is 2. The number of hydrogen-bond acceptors (Lipinski definition) is 4. The number of pyridine rings is 1. The number of nitrogens with one attached hydrogen (secondary N) is 1. The summed E-state index contributed by atoms with van der Waals surface area (Å²) in [6.45, 7) is 1.41. The molecule has 0 spiro atoms. The molecule has 1 fully saturated rings. The quantitative estimate of drug-likeness (QED) is 0.758. The minimum absolute atomic E-state index is 0.0797. The van der Waals surface area contributed by atoms with Crippen LogP contribution in [0.5, 0.6) is 5.75 Å². The summed E-state index contributed by atoms with van der Waals surface area (Å²) < 4.78 is 11.0. The lowest BCUT2D eigenvalue weighted by Gasteiger charge is -2.33. The number of methoxy groups -OCH3 is 1. The Kier molecular flexibility index (Phi) is 5.12. The van der Waals surface area contributed by atoms with Crippen LogP contribution in [0.4, 0.5) is 0 Å². The van der Waals surface area contributed by atoms with Gasteiger partial charge in [0.15, 0.2) is 0 Å². The van der Waals surface area contributed by atoms with E-state index in [4.69, 9.17) is 9.47 Å². The zero-order chi connectivity index (χ0) is 19.5. The Morgan fingerprint density at radius 2 is 2.07 bits per heavy atom. The Balaban J connectivity index is 1.55. The first-order chi connectivity index (χ1) is 13.7. The summed E-state index contributed by atoms with van der Waals surface area (Å²) in [5.41, 5.74) is 1.69. The molecule has 1 atom stereocenters. The number of aromatic amines is 1. The van der Waals surface area contributed by atoms with Crippen LogP contribution in [-0.4, -0.2) is 48.7 Å². The number of nitrogens with zero attached hydrogens (tertiary/aromatic N) is 1. The molecule has 2 aromatic carbocycles. The standard InChI is InChI=1S/C22H22N2O4/c1-27-16-7-8-18-20(12-16)23-13-19(21(18)25)22(26)24-9-10-28-17(14-24)11-15-5-3-2-4-6-15/h2-8,12-13,17H,9-11,14H2,1H3,(H,23,25). The molecule has 0 saturated carbocycles. The van der Waals surface area contributed by atoms with E-state index in [1.54, 1.807) is 30.2 Å². The fraction of sp³-hybridized carbons (Fsp3) is 0.273. The van der Waals surface area contributed by atoms with Crippen LogP contribution >= 0.6 is 0 Å². The normalized spacial score (nSPS) is 16.9. The smallest absolute Gasteiger partial charge is 0.259 e. The van der Waals surface area contributed by atoms with Gasteiger partial charge in [-0.2, -0.15) is 0 Å². The molecule has 1 aliphatic rings. The molecular weight excluding hydrogens is 356 g/mol. The van der Waals surface area contributed by atoms with Gasteiger partial charge in [-0.25, -0.2) is 0 Å². The predicted molar refractivity (Wildman–Crippen MR) is 107 cm³/mol. The van der Waals surface area contributed by atoms with Gasteiger partial charge < -0.3 is 19.4 Å². The van der Waals surface area contributed by atoms with Crippen LogP contribution in [0.2, 0.25) is 0 Å². The lowest BCUT2D eigenvalue weighted by Crippen LogP contribution is -2.47. The Morgan fingerprint density at radius 1 is 1.25 bits per heavy atom. The molecule has 3 aromatic rings. The zero-order valence-electron chi connectivity index (χ0n) is 15.7. The van der Waals surface area contributed by atoms with Crippen molar-refractivity contribution < 1.29 is 14.3 Å². The summed E-state index contributed by atoms with van der Waals surface area (Å²) in [6, 6.07) is 15.2. The molecular formula is C22H22N2O4. The van der Waals surface area contributed by atoms with Crippen molar-refractivity contribution in [3.8, 4) is 5.75 Å². The number of carbonyl (C=O) groups is 1. The minimum atomic E-state index is -0.271. The van der Waals surface area contributed by atoms with Gasteiger partial charge in [-0.05, 0) is 17.7 Å². The molecule has 0 aliphatic carbocycles. The first-order valence-corrected chi connectivity index (χ1v) is 9.30. The van der Waals surface area contributed by atoms with Crippen LogP contribution in [0.25, 0.3) is 10.9 Å². The largest absolute Gasteiger partial charge is 0.497 e. The number of aromatic nitrogens is 1. The first-order valence-electron chi connectivity index (χ1n) is 9.30. The third kappa shape index (κ3) is 3.64. The first kappa shape index (κ1) is 18.3. The van der Waals surface area contributed by atoms with Crippen molar-refractivity contribution in [1.82, 2.24) is 9.88 Å². The van der Waals surface area contributed by atoms with E-state index in [1.807, 2.05) is 30.3 Å². The lowest BCUT2D eigenvalue weighted by molar-refractivity contribution is -0.0208. The molecule has 1 unspecified atom stereocenters. The van der Waals surface area contributed by atoms with E-state index >= 15 is 0 Å². The van der Waals surface area contributed by atoms with Crippen LogP contribution in [0.3, 0.4) is 0 Å². The van der Waals surface area contributed by atoms with Crippen LogP contribution in [-0.2, 0) is 11.2 Å².